The van der Waals surface area contributed by atoms with E-state index in [1.807, 2.05) is 0 Å². The molecule has 108 valence electrons. The van der Waals surface area contributed by atoms with E-state index in [0.717, 1.165) is 24.8 Å². The first kappa shape index (κ1) is 15.1. The van der Waals surface area contributed by atoms with Crippen LogP contribution in [-0.4, -0.2) is 24.9 Å². The lowest BCUT2D eigenvalue weighted by molar-refractivity contribution is -0.154. The van der Waals surface area contributed by atoms with E-state index in [9.17, 15) is 4.79 Å². The van der Waals surface area contributed by atoms with Crippen LogP contribution >= 0.6 is 11.6 Å². The van der Waals surface area contributed by atoms with E-state index < -0.39 is 0 Å². The smallest absolute Gasteiger partial charge is 0.165 e. The van der Waals surface area contributed by atoms with Crippen LogP contribution in [0.5, 0.6) is 0 Å². The molecule has 2 rings (SSSR count). The van der Waals surface area contributed by atoms with Crippen LogP contribution in [0.2, 0.25) is 0 Å². The molecule has 2 saturated carbocycles. The Balaban J connectivity index is 2.34. The average Bonchev–Trinajstić information content (AvgIpc) is 2.40. The lowest BCUT2D eigenvalue weighted by Crippen LogP contribution is -2.54. The first-order chi connectivity index (χ1) is 8.95. The highest BCUT2D eigenvalue weighted by Crippen LogP contribution is 2.54. The molecule has 0 aliphatic heterocycles. The zero-order valence-corrected chi connectivity index (χ0v) is 13.0. The topological polar surface area (TPSA) is 26.3 Å². The van der Waals surface area contributed by atoms with Gasteiger partial charge in [0.2, 0.25) is 0 Å². The van der Waals surface area contributed by atoms with E-state index >= 15 is 0 Å². The fourth-order valence-corrected chi connectivity index (χ4v) is 4.36. The molecule has 2 nitrogen and oxygen atoms in total. The standard InChI is InChI=1S/C16H25ClO2/c1-10(9-17)12-8-16(3)11(2)6-5-7-13(16)14(18)15(12)19-4/h11-13,15H,1,5-9H2,2-4H3. The Kier molecular flexibility index (Phi) is 4.42. The van der Waals surface area contributed by atoms with E-state index in [-0.39, 0.29) is 29.1 Å². The Hall–Kier alpha value is -0.340. The largest absolute Gasteiger partial charge is 0.373 e. The lowest BCUT2D eigenvalue weighted by Gasteiger charge is -2.53. The van der Waals surface area contributed by atoms with Crippen LogP contribution in [0.4, 0.5) is 0 Å². The van der Waals surface area contributed by atoms with Crippen LogP contribution in [0.1, 0.15) is 39.5 Å². The summed E-state index contributed by atoms with van der Waals surface area (Å²) in [6.07, 6.45) is 4.03. The van der Waals surface area contributed by atoms with E-state index in [0.29, 0.717) is 11.8 Å². The van der Waals surface area contributed by atoms with Crippen molar-refractivity contribution in [3.63, 3.8) is 0 Å². The van der Waals surface area contributed by atoms with E-state index in [4.69, 9.17) is 16.3 Å². The Morgan fingerprint density at radius 1 is 1.53 bits per heavy atom. The molecule has 2 aliphatic rings. The van der Waals surface area contributed by atoms with Gasteiger partial charge in [0.1, 0.15) is 6.10 Å². The molecule has 0 radical (unpaired) electrons. The van der Waals surface area contributed by atoms with Crippen LogP contribution in [0.3, 0.4) is 0 Å². The Morgan fingerprint density at radius 3 is 2.79 bits per heavy atom. The molecule has 19 heavy (non-hydrogen) atoms. The molecule has 2 fully saturated rings. The number of methoxy groups -OCH3 is 1. The van der Waals surface area contributed by atoms with Crippen LogP contribution in [0, 0.1) is 23.2 Å². The van der Waals surface area contributed by atoms with Gasteiger partial charge in [-0.3, -0.25) is 4.79 Å². The van der Waals surface area contributed by atoms with Crippen LogP contribution in [-0.2, 0) is 9.53 Å². The maximum atomic E-state index is 12.8. The van der Waals surface area contributed by atoms with Gasteiger partial charge in [-0.05, 0) is 24.2 Å². The summed E-state index contributed by atoms with van der Waals surface area (Å²) < 4.78 is 5.50. The van der Waals surface area contributed by atoms with E-state index in [1.54, 1.807) is 7.11 Å². The monoisotopic (exact) mass is 284 g/mol. The van der Waals surface area contributed by atoms with Crippen molar-refractivity contribution in [2.24, 2.45) is 23.2 Å². The van der Waals surface area contributed by atoms with E-state index in [2.05, 4.69) is 20.4 Å². The summed E-state index contributed by atoms with van der Waals surface area (Å²) in [7, 11) is 1.63. The van der Waals surface area contributed by atoms with Crippen molar-refractivity contribution in [1.82, 2.24) is 0 Å². The molecule has 0 saturated heterocycles. The molecule has 0 aromatic heterocycles. The number of carbonyl (C=O) groups is 1. The van der Waals surface area contributed by atoms with Crippen molar-refractivity contribution in [2.75, 3.05) is 13.0 Å². The van der Waals surface area contributed by atoms with Crippen molar-refractivity contribution < 1.29 is 9.53 Å². The first-order valence-corrected chi connectivity index (χ1v) is 7.79. The maximum Gasteiger partial charge on any atom is 0.165 e. The number of halogens is 1. The quantitative estimate of drug-likeness (QED) is 0.582. The molecule has 0 aromatic carbocycles. The minimum absolute atomic E-state index is 0.0804. The summed E-state index contributed by atoms with van der Waals surface area (Å²) in [5.41, 5.74) is 1.03. The highest BCUT2D eigenvalue weighted by molar-refractivity contribution is 6.19. The summed E-state index contributed by atoms with van der Waals surface area (Å²) in [6.45, 7) is 8.62. The fourth-order valence-electron chi connectivity index (χ4n) is 4.16. The molecule has 0 aromatic rings. The predicted octanol–water partition coefficient (Wildman–Crippen LogP) is 3.83. The summed E-state index contributed by atoms with van der Waals surface area (Å²) in [4.78, 5) is 12.8. The minimum Gasteiger partial charge on any atom is -0.373 e. The number of rotatable bonds is 3. The normalized spacial score (nSPS) is 42.8. The summed E-state index contributed by atoms with van der Waals surface area (Å²) in [5.74, 6) is 1.50. The average molecular weight is 285 g/mol. The highest BCUT2D eigenvalue weighted by Gasteiger charge is 2.54. The third kappa shape index (κ3) is 2.38. The Morgan fingerprint density at radius 2 is 2.21 bits per heavy atom. The number of ketones is 1. The Labute approximate surface area is 121 Å². The van der Waals surface area contributed by atoms with Crippen molar-refractivity contribution in [2.45, 2.75) is 45.6 Å². The number of Topliss-reactive ketones (excluding diaryl/α,β-unsaturated/α-hetero) is 1. The second-order valence-corrected chi connectivity index (χ2v) is 6.82. The number of fused-ring (bicyclic) bond motifs is 1. The molecule has 0 spiro atoms. The molecule has 5 atom stereocenters. The van der Waals surface area contributed by atoms with Gasteiger partial charge in [-0.25, -0.2) is 0 Å². The molecule has 0 heterocycles. The molecular formula is C16H25ClO2. The molecule has 3 heteroatoms. The lowest BCUT2D eigenvalue weighted by atomic mass is 9.52. The van der Waals surface area contributed by atoms with Crippen molar-refractivity contribution >= 4 is 17.4 Å². The van der Waals surface area contributed by atoms with Crippen molar-refractivity contribution in [3.05, 3.63) is 12.2 Å². The van der Waals surface area contributed by atoms with Gasteiger partial charge >= 0.3 is 0 Å². The predicted molar refractivity (Wildman–Crippen MR) is 78.4 cm³/mol. The highest BCUT2D eigenvalue weighted by atomic mass is 35.5. The van der Waals surface area contributed by atoms with Crippen molar-refractivity contribution in [3.8, 4) is 0 Å². The molecule has 5 unspecified atom stereocenters. The van der Waals surface area contributed by atoms with Crippen LogP contribution < -0.4 is 0 Å². The third-order valence-electron chi connectivity index (χ3n) is 5.65. The summed E-state index contributed by atoms with van der Waals surface area (Å²) in [6, 6.07) is 0. The zero-order chi connectivity index (χ0) is 14.2. The molecule has 0 N–H and O–H groups in total. The van der Waals surface area contributed by atoms with E-state index in [1.165, 1.54) is 6.42 Å². The zero-order valence-electron chi connectivity index (χ0n) is 12.2. The van der Waals surface area contributed by atoms with Gasteiger partial charge in [0, 0.05) is 24.8 Å². The number of hydrogen-bond donors (Lipinski definition) is 0. The van der Waals surface area contributed by atoms with Gasteiger partial charge in [0.15, 0.2) is 5.78 Å². The molecule has 0 amide bonds. The third-order valence-corrected chi connectivity index (χ3v) is 5.99. The molecule has 2 aliphatic carbocycles. The van der Waals surface area contributed by atoms with Gasteiger partial charge in [0.25, 0.3) is 0 Å². The minimum atomic E-state index is -0.338. The van der Waals surface area contributed by atoms with Crippen molar-refractivity contribution in [1.29, 1.82) is 0 Å². The maximum absolute atomic E-state index is 12.8. The van der Waals surface area contributed by atoms with Gasteiger partial charge < -0.3 is 4.74 Å². The number of ether oxygens (including phenoxy) is 1. The molecule has 0 bridgehead atoms. The van der Waals surface area contributed by atoms with Gasteiger partial charge in [-0.15, -0.1) is 11.6 Å². The van der Waals surface area contributed by atoms with Crippen LogP contribution in [0.15, 0.2) is 12.2 Å². The number of hydrogen-bond acceptors (Lipinski definition) is 2. The SMILES string of the molecule is C=C(CCl)C1CC2(C)C(C)CCCC2C(=O)C1OC. The number of carbonyl (C=O) groups excluding carboxylic acids is 1. The first-order valence-electron chi connectivity index (χ1n) is 7.25. The fraction of sp³-hybridized carbons (Fsp3) is 0.812. The van der Waals surface area contributed by atoms with Crippen LogP contribution in [0.25, 0.3) is 0 Å². The second-order valence-electron chi connectivity index (χ2n) is 6.55. The van der Waals surface area contributed by atoms with Gasteiger partial charge in [-0.1, -0.05) is 38.8 Å². The van der Waals surface area contributed by atoms with Gasteiger partial charge in [-0.2, -0.15) is 0 Å². The Bertz CT molecular complexity index is 379. The molecular weight excluding hydrogens is 260 g/mol. The number of alkyl halides is 1. The summed E-state index contributed by atoms with van der Waals surface area (Å²) >= 11 is 5.95. The van der Waals surface area contributed by atoms with Gasteiger partial charge in [0.05, 0.1) is 0 Å². The summed E-state index contributed by atoms with van der Waals surface area (Å²) in [5, 5.41) is 0. The second kappa shape index (κ2) is 5.57.